The van der Waals surface area contributed by atoms with Crippen molar-refractivity contribution in [2.75, 3.05) is 6.61 Å². The van der Waals surface area contributed by atoms with Gasteiger partial charge in [-0.2, -0.15) is 0 Å². The number of nitrogens with one attached hydrogen (secondary N) is 1. The van der Waals surface area contributed by atoms with Gasteiger partial charge in [-0.3, -0.25) is 0 Å². The molecule has 2 rings (SSSR count). The fraction of sp³-hybridized carbons (Fsp3) is 0.500. The van der Waals surface area contributed by atoms with Crippen LogP contribution in [0.3, 0.4) is 0 Å². The van der Waals surface area contributed by atoms with E-state index in [1.54, 1.807) is 0 Å². The predicted molar refractivity (Wildman–Crippen MR) is 57.1 cm³/mol. The lowest BCUT2D eigenvalue weighted by Crippen LogP contribution is -2.34. The van der Waals surface area contributed by atoms with Crippen molar-refractivity contribution in [2.24, 2.45) is 0 Å². The third-order valence-corrected chi connectivity index (χ3v) is 2.79. The molecule has 76 valence electrons. The third kappa shape index (κ3) is 2.34. The van der Waals surface area contributed by atoms with Gasteiger partial charge in [0, 0.05) is 19.2 Å². The molecule has 0 radical (unpaired) electrons. The molecule has 1 saturated heterocycles. The molecule has 2 atom stereocenters. The molecule has 0 amide bonds. The van der Waals surface area contributed by atoms with Crippen molar-refractivity contribution in [3.63, 3.8) is 0 Å². The molecule has 0 unspecified atom stereocenters. The molecule has 14 heavy (non-hydrogen) atoms. The summed E-state index contributed by atoms with van der Waals surface area (Å²) in [4.78, 5) is 0. The Hall–Kier alpha value is -0.860. The van der Waals surface area contributed by atoms with Gasteiger partial charge in [0.15, 0.2) is 0 Å². The molecule has 0 aromatic heterocycles. The van der Waals surface area contributed by atoms with Crippen LogP contribution in [0.2, 0.25) is 0 Å². The fourth-order valence-electron chi connectivity index (χ4n) is 1.84. The van der Waals surface area contributed by atoms with Crippen molar-refractivity contribution < 1.29 is 4.74 Å². The van der Waals surface area contributed by atoms with E-state index >= 15 is 0 Å². The molecule has 1 aromatic carbocycles. The van der Waals surface area contributed by atoms with E-state index < -0.39 is 0 Å². The maximum atomic E-state index is 5.49. The highest BCUT2D eigenvalue weighted by molar-refractivity contribution is 5.14. The zero-order chi connectivity index (χ0) is 9.80. The summed E-state index contributed by atoms with van der Waals surface area (Å²) < 4.78 is 5.49. The van der Waals surface area contributed by atoms with Gasteiger partial charge in [-0.05, 0) is 18.9 Å². The van der Waals surface area contributed by atoms with Gasteiger partial charge in [0.05, 0.1) is 6.10 Å². The second-order valence-corrected chi connectivity index (χ2v) is 3.84. The highest BCUT2D eigenvalue weighted by Gasteiger charge is 2.22. The number of rotatable bonds is 3. The molecule has 1 heterocycles. The van der Waals surface area contributed by atoms with Crippen molar-refractivity contribution in [3.8, 4) is 0 Å². The summed E-state index contributed by atoms with van der Waals surface area (Å²) in [7, 11) is 0. The third-order valence-electron chi connectivity index (χ3n) is 2.79. The van der Waals surface area contributed by atoms with Gasteiger partial charge in [0.2, 0.25) is 0 Å². The van der Waals surface area contributed by atoms with E-state index in [9.17, 15) is 0 Å². The van der Waals surface area contributed by atoms with E-state index in [2.05, 4.69) is 36.5 Å². The minimum Gasteiger partial charge on any atom is -0.377 e. The van der Waals surface area contributed by atoms with E-state index in [1.807, 2.05) is 6.07 Å². The Morgan fingerprint density at radius 1 is 1.36 bits per heavy atom. The van der Waals surface area contributed by atoms with Gasteiger partial charge < -0.3 is 10.1 Å². The van der Waals surface area contributed by atoms with Crippen molar-refractivity contribution in [2.45, 2.75) is 32.0 Å². The van der Waals surface area contributed by atoms with Crippen LogP contribution in [0.1, 0.15) is 18.9 Å². The zero-order valence-corrected chi connectivity index (χ0v) is 8.57. The first-order chi connectivity index (χ1) is 6.86. The molecule has 1 fully saturated rings. The van der Waals surface area contributed by atoms with Crippen LogP contribution in [0.15, 0.2) is 30.3 Å². The Bertz CT molecular complexity index is 273. The lowest BCUT2D eigenvalue weighted by Gasteiger charge is -2.15. The Labute approximate surface area is 85.3 Å². The predicted octanol–water partition coefficient (Wildman–Crippen LogP) is 1.95. The van der Waals surface area contributed by atoms with Crippen LogP contribution in [0.4, 0.5) is 0 Å². The topological polar surface area (TPSA) is 21.3 Å². The fourth-order valence-corrected chi connectivity index (χ4v) is 1.84. The van der Waals surface area contributed by atoms with Gasteiger partial charge in [-0.15, -0.1) is 0 Å². The standard InChI is InChI=1S/C12H17NO/c1-10-12(7-8-14-10)13-9-11-5-3-2-4-6-11/h2-6,10,12-13H,7-9H2,1H3/t10-,12+/m1/s1. The van der Waals surface area contributed by atoms with E-state index in [-0.39, 0.29) is 0 Å². The summed E-state index contributed by atoms with van der Waals surface area (Å²) in [5.74, 6) is 0. The lowest BCUT2D eigenvalue weighted by molar-refractivity contribution is 0.113. The second kappa shape index (κ2) is 4.58. The van der Waals surface area contributed by atoms with Gasteiger partial charge in [0.1, 0.15) is 0 Å². The second-order valence-electron chi connectivity index (χ2n) is 3.84. The molecule has 1 aliphatic rings. The summed E-state index contributed by atoms with van der Waals surface area (Å²) in [6.45, 7) is 3.97. The Balaban J connectivity index is 1.82. The van der Waals surface area contributed by atoms with Crippen molar-refractivity contribution in [1.82, 2.24) is 5.32 Å². The molecule has 0 aliphatic carbocycles. The van der Waals surface area contributed by atoms with Crippen LogP contribution in [0, 0.1) is 0 Å². The molecule has 1 aliphatic heterocycles. The zero-order valence-electron chi connectivity index (χ0n) is 8.57. The van der Waals surface area contributed by atoms with Crippen LogP contribution < -0.4 is 5.32 Å². The average molecular weight is 191 g/mol. The smallest absolute Gasteiger partial charge is 0.0700 e. The van der Waals surface area contributed by atoms with Crippen LogP contribution in [-0.2, 0) is 11.3 Å². The largest absolute Gasteiger partial charge is 0.377 e. The molecule has 0 spiro atoms. The first-order valence-corrected chi connectivity index (χ1v) is 5.25. The minimum atomic E-state index is 0.360. The van der Waals surface area contributed by atoms with Crippen molar-refractivity contribution in [3.05, 3.63) is 35.9 Å². The molecule has 1 aromatic rings. The average Bonchev–Trinajstić information content (AvgIpc) is 2.63. The van der Waals surface area contributed by atoms with Crippen molar-refractivity contribution in [1.29, 1.82) is 0 Å². The molecule has 0 bridgehead atoms. The summed E-state index contributed by atoms with van der Waals surface area (Å²) in [6.07, 6.45) is 1.49. The molecular formula is C12H17NO. The van der Waals surface area contributed by atoms with Crippen LogP contribution in [0.25, 0.3) is 0 Å². The first-order valence-electron chi connectivity index (χ1n) is 5.25. The van der Waals surface area contributed by atoms with Crippen LogP contribution in [-0.4, -0.2) is 18.8 Å². The summed E-state index contributed by atoms with van der Waals surface area (Å²) >= 11 is 0. The highest BCUT2D eigenvalue weighted by atomic mass is 16.5. The monoisotopic (exact) mass is 191 g/mol. The van der Waals surface area contributed by atoms with E-state index in [0.717, 1.165) is 19.6 Å². The number of hydrogen-bond donors (Lipinski definition) is 1. The number of benzene rings is 1. The Morgan fingerprint density at radius 2 is 2.14 bits per heavy atom. The van der Waals surface area contributed by atoms with Crippen LogP contribution in [0.5, 0.6) is 0 Å². The lowest BCUT2D eigenvalue weighted by atomic mass is 10.1. The number of hydrogen-bond acceptors (Lipinski definition) is 2. The maximum Gasteiger partial charge on any atom is 0.0700 e. The maximum absolute atomic E-state index is 5.49. The first kappa shape index (κ1) is 9.69. The summed E-state index contributed by atoms with van der Waals surface area (Å²) in [5, 5.41) is 3.52. The molecular weight excluding hydrogens is 174 g/mol. The van der Waals surface area contributed by atoms with Gasteiger partial charge in [0.25, 0.3) is 0 Å². The van der Waals surface area contributed by atoms with E-state index in [0.29, 0.717) is 12.1 Å². The highest BCUT2D eigenvalue weighted by Crippen LogP contribution is 2.13. The minimum absolute atomic E-state index is 0.360. The SMILES string of the molecule is C[C@H]1OCC[C@@H]1NCc1ccccc1. The molecule has 2 heteroatoms. The van der Waals surface area contributed by atoms with Gasteiger partial charge in [-0.1, -0.05) is 30.3 Å². The van der Waals surface area contributed by atoms with E-state index in [4.69, 9.17) is 4.74 Å². The number of ether oxygens (including phenoxy) is 1. The Kier molecular flexibility index (Phi) is 3.17. The quantitative estimate of drug-likeness (QED) is 0.788. The summed E-state index contributed by atoms with van der Waals surface area (Å²) in [5.41, 5.74) is 1.34. The van der Waals surface area contributed by atoms with Crippen LogP contribution >= 0.6 is 0 Å². The van der Waals surface area contributed by atoms with Gasteiger partial charge in [-0.25, -0.2) is 0 Å². The van der Waals surface area contributed by atoms with E-state index in [1.165, 1.54) is 5.56 Å². The molecule has 1 N–H and O–H groups in total. The summed E-state index contributed by atoms with van der Waals surface area (Å²) in [6, 6.07) is 11.0. The Morgan fingerprint density at radius 3 is 2.79 bits per heavy atom. The normalized spacial score (nSPS) is 26.6. The molecule has 2 nitrogen and oxygen atoms in total. The molecule has 0 saturated carbocycles. The van der Waals surface area contributed by atoms with Crippen molar-refractivity contribution >= 4 is 0 Å². The van der Waals surface area contributed by atoms with Gasteiger partial charge >= 0.3 is 0 Å².